The highest BCUT2D eigenvalue weighted by Crippen LogP contribution is 2.15. The Balaban J connectivity index is 1.61. The summed E-state index contributed by atoms with van der Waals surface area (Å²) in [5.74, 6) is 0.987. The SMILES string of the molecule is CC(CNC1CNC1)Oc1ccc(-n2ccc(N)nc2=O)cc1. The van der Waals surface area contributed by atoms with E-state index < -0.39 is 5.69 Å². The molecule has 1 atom stereocenters. The lowest BCUT2D eigenvalue weighted by atomic mass is 10.2. The van der Waals surface area contributed by atoms with E-state index in [2.05, 4.69) is 15.6 Å². The van der Waals surface area contributed by atoms with Gasteiger partial charge in [0.1, 0.15) is 17.7 Å². The fourth-order valence-corrected chi connectivity index (χ4v) is 2.34. The third-order valence-corrected chi connectivity index (χ3v) is 3.75. The van der Waals surface area contributed by atoms with Crippen LogP contribution in [0.4, 0.5) is 5.82 Å². The predicted octanol–water partition coefficient (Wildman–Crippen LogP) is 0.143. The Morgan fingerprint density at radius 1 is 1.39 bits per heavy atom. The van der Waals surface area contributed by atoms with Gasteiger partial charge in [0.05, 0.1) is 5.69 Å². The average Bonchev–Trinajstić information content (AvgIpc) is 2.47. The summed E-state index contributed by atoms with van der Waals surface area (Å²) in [6.07, 6.45) is 1.68. The minimum atomic E-state index is -0.398. The van der Waals surface area contributed by atoms with Crippen molar-refractivity contribution in [2.75, 3.05) is 25.4 Å². The number of nitrogens with two attached hydrogens (primary N) is 1. The maximum absolute atomic E-state index is 11.8. The molecule has 0 spiro atoms. The summed E-state index contributed by atoms with van der Waals surface area (Å²) in [5.41, 5.74) is 5.82. The summed E-state index contributed by atoms with van der Waals surface area (Å²) in [6, 6.07) is 9.48. The largest absolute Gasteiger partial charge is 0.489 e. The summed E-state index contributed by atoms with van der Waals surface area (Å²) in [6.45, 7) is 4.87. The van der Waals surface area contributed by atoms with Crippen molar-refractivity contribution < 1.29 is 4.74 Å². The monoisotopic (exact) mass is 315 g/mol. The first-order valence-electron chi connectivity index (χ1n) is 7.68. The third-order valence-electron chi connectivity index (χ3n) is 3.75. The molecule has 1 aliphatic rings. The molecule has 1 aliphatic heterocycles. The van der Waals surface area contributed by atoms with Crippen molar-refractivity contribution in [1.29, 1.82) is 0 Å². The van der Waals surface area contributed by atoms with Crippen LogP contribution in [-0.4, -0.2) is 41.3 Å². The van der Waals surface area contributed by atoms with E-state index in [1.807, 2.05) is 31.2 Å². The van der Waals surface area contributed by atoms with Gasteiger partial charge in [-0.15, -0.1) is 0 Å². The van der Waals surface area contributed by atoms with E-state index in [-0.39, 0.29) is 11.9 Å². The molecule has 1 fully saturated rings. The lowest BCUT2D eigenvalue weighted by molar-refractivity contribution is 0.203. The number of nitrogen functional groups attached to an aromatic ring is 1. The van der Waals surface area contributed by atoms with Crippen molar-refractivity contribution in [3.05, 3.63) is 47.0 Å². The maximum Gasteiger partial charge on any atom is 0.354 e. The second-order valence-electron chi connectivity index (χ2n) is 5.69. The molecule has 7 nitrogen and oxygen atoms in total. The summed E-state index contributed by atoms with van der Waals surface area (Å²) in [4.78, 5) is 15.5. The van der Waals surface area contributed by atoms with E-state index in [0.29, 0.717) is 6.04 Å². The number of hydrogen-bond donors (Lipinski definition) is 3. The quantitative estimate of drug-likeness (QED) is 0.702. The third kappa shape index (κ3) is 3.88. The molecule has 0 saturated carbocycles. The van der Waals surface area contributed by atoms with Gasteiger partial charge in [-0.25, -0.2) is 4.79 Å². The Hall–Kier alpha value is -2.38. The van der Waals surface area contributed by atoms with Crippen molar-refractivity contribution in [2.24, 2.45) is 0 Å². The molecule has 0 bridgehead atoms. The van der Waals surface area contributed by atoms with Gasteiger partial charge < -0.3 is 21.1 Å². The number of aromatic nitrogens is 2. The first-order chi connectivity index (χ1) is 11.1. The highest BCUT2D eigenvalue weighted by molar-refractivity contribution is 5.38. The first-order valence-corrected chi connectivity index (χ1v) is 7.68. The number of ether oxygens (including phenoxy) is 1. The number of rotatable bonds is 6. The Morgan fingerprint density at radius 3 is 2.74 bits per heavy atom. The lowest BCUT2D eigenvalue weighted by Gasteiger charge is -2.29. The van der Waals surface area contributed by atoms with E-state index >= 15 is 0 Å². The van der Waals surface area contributed by atoms with Crippen LogP contribution in [0.3, 0.4) is 0 Å². The maximum atomic E-state index is 11.8. The molecule has 0 amide bonds. The van der Waals surface area contributed by atoms with Gasteiger partial charge in [-0.2, -0.15) is 4.98 Å². The van der Waals surface area contributed by atoms with Gasteiger partial charge in [0.25, 0.3) is 0 Å². The normalized spacial score (nSPS) is 15.9. The molecule has 2 aromatic rings. The number of benzene rings is 1. The molecule has 2 heterocycles. The Morgan fingerprint density at radius 2 is 2.13 bits per heavy atom. The van der Waals surface area contributed by atoms with E-state index in [9.17, 15) is 4.79 Å². The average molecular weight is 315 g/mol. The number of nitrogens with one attached hydrogen (secondary N) is 2. The molecule has 1 aromatic heterocycles. The highest BCUT2D eigenvalue weighted by atomic mass is 16.5. The fourth-order valence-electron chi connectivity index (χ4n) is 2.34. The van der Waals surface area contributed by atoms with Crippen molar-refractivity contribution in [3.8, 4) is 11.4 Å². The van der Waals surface area contributed by atoms with Crippen molar-refractivity contribution in [1.82, 2.24) is 20.2 Å². The van der Waals surface area contributed by atoms with Crippen molar-refractivity contribution in [3.63, 3.8) is 0 Å². The zero-order chi connectivity index (χ0) is 16.2. The van der Waals surface area contributed by atoms with E-state index in [1.165, 1.54) is 4.57 Å². The smallest absolute Gasteiger partial charge is 0.354 e. The molecule has 0 aliphatic carbocycles. The Bertz CT molecular complexity index is 709. The van der Waals surface area contributed by atoms with Crippen molar-refractivity contribution >= 4 is 5.82 Å². The molecule has 0 radical (unpaired) electrons. The number of anilines is 1. The van der Waals surface area contributed by atoms with Gasteiger partial charge in [-0.1, -0.05) is 0 Å². The second kappa shape index (κ2) is 6.80. The van der Waals surface area contributed by atoms with Crippen LogP contribution in [0.1, 0.15) is 6.92 Å². The van der Waals surface area contributed by atoms with E-state index in [1.54, 1.807) is 12.3 Å². The topological polar surface area (TPSA) is 94.2 Å². The molecule has 122 valence electrons. The van der Waals surface area contributed by atoms with Crippen LogP contribution in [-0.2, 0) is 0 Å². The Labute approximate surface area is 134 Å². The molecule has 1 saturated heterocycles. The van der Waals surface area contributed by atoms with Gasteiger partial charge in [0.2, 0.25) is 0 Å². The van der Waals surface area contributed by atoms with Crippen LogP contribution in [0.25, 0.3) is 5.69 Å². The molecule has 1 aromatic carbocycles. The molecule has 3 rings (SSSR count). The van der Waals surface area contributed by atoms with Gasteiger partial charge in [-0.3, -0.25) is 4.57 Å². The van der Waals surface area contributed by atoms with Crippen LogP contribution >= 0.6 is 0 Å². The molecular weight excluding hydrogens is 294 g/mol. The Kier molecular flexibility index (Phi) is 4.59. The molecule has 4 N–H and O–H groups in total. The van der Waals surface area contributed by atoms with Crippen LogP contribution in [0, 0.1) is 0 Å². The number of nitrogens with zero attached hydrogens (tertiary/aromatic N) is 2. The molecule has 23 heavy (non-hydrogen) atoms. The fraction of sp³-hybridized carbons (Fsp3) is 0.375. The van der Waals surface area contributed by atoms with Gasteiger partial charge in [0.15, 0.2) is 0 Å². The molecular formula is C16H21N5O2. The lowest BCUT2D eigenvalue weighted by Crippen LogP contribution is -2.56. The second-order valence-corrected chi connectivity index (χ2v) is 5.69. The zero-order valence-electron chi connectivity index (χ0n) is 13.0. The van der Waals surface area contributed by atoms with Crippen LogP contribution < -0.4 is 26.8 Å². The van der Waals surface area contributed by atoms with Gasteiger partial charge in [0, 0.05) is 31.9 Å². The van der Waals surface area contributed by atoms with Crippen LogP contribution in [0.5, 0.6) is 5.75 Å². The van der Waals surface area contributed by atoms with Gasteiger partial charge in [-0.05, 0) is 37.3 Å². The van der Waals surface area contributed by atoms with Gasteiger partial charge >= 0.3 is 5.69 Å². The van der Waals surface area contributed by atoms with E-state index in [0.717, 1.165) is 31.1 Å². The molecule has 7 heteroatoms. The first kappa shape index (κ1) is 15.5. The van der Waals surface area contributed by atoms with Crippen LogP contribution in [0.2, 0.25) is 0 Å². The molecule has 1 unspecified atom stereocenters. The minimum Gasteiger partial charge on any atom is -0.489 e. The summed E-state index contributed by atoms with van der Waals surface area (Å²) in [5, 5.41) is 6.66. The zero-order valence-corrected chi connectivity index (χ0v) is 13.0. The predicted molar refractivity (Wildman–Crippen MR) is 89.0 cm³/mol. The highest BCUT2D eigenvalue weighted by Gasteiger charge is 2.16. The van der Waals surface area contributed by atoms with Crippen LogP contribution in [0.15, 0.2) is 41.3 Å². The summed E-state index contributed by atoms with van der Waals surface area (Å²) in [7, 11) is 0. The standard InChI is InChI=1S/C16H21N5O2/c1-11(8-19-12-9-18-10-12)23-14-4-2-13(3-5-14)21-7-6-15(17)20-16(21)22/h2-7,11-12,18-19H,8-10H2,1H3,(H2,17,20,22). The summed E-state index contributed by atoms with van der Waals surface area (Å²) < 4.78 is 7.31. The van der Waals surface area contributed by atoms with E-state index in [4.69, 9.17) is 10.5 Å². The van der Waals surface area contributed by atoms with Crippen molar-refractivity contribution in [2.45, 2.75) is 19.1 Å². The minimum absolute atomic E-state index is 0.0716. The summed E-state index contributed by atoms with van der Waals surface area (Å²) >= 11 is 0. The number of hydrogen-bond acceptors (Lipinski definition) is 6.